The molecule has 1 fully saturated rings. The normalized spacial score (nSPS) is 16.7. The van der Waals surface area contributed by atoms with E-state index < -0.39 is 29.5 Å². The summed E-state index contributed by atoms with van der Waals surface area (Å²) in [5.74, 6) is -1.28. The number of nitriles is 1. The summed E-state index contributed by atoms with van der Waals surface area (Å²) in [6.45, 7) is 6.04. The maximum Gasteiger partial charge on any atom is 0.410 e. The largest absolute Gasteiger partial charge is 0.483 e. The molecule has 7 nitrogen and oxygen atoms in total. The number of carbonyl (C=O) groups is 2. The molecule has 1 aliphatic rings. The lowest BCUT2D eigenvalue weighted by molar-refractivity contribution is -0.115. The van der Waals surface area contributed by atoms with Gasteiger partial charge in [0.2, 0.25) is 5.91 Å². The van der Waals surface area contributed by atoms with Gasteiger partial charge in [-0.05, 0) is 32.9 Å². The van der Waals surface area contributed by atoms with Gasteiger partial charge in [0.25, 0.3) is 0 Å². The molecule has 0 aliphatic carbocycles. The zero-order valence-corrected chi connectivity index (χ0v) is 15.0. The van der Waals surface area contributed by atoms with Crippen LogP contribution in [0.2, 0.25) is 0 Å². The Kier molecular flexibility index (Phi) is 6.03. The van der Waals surface area contributed by atoms with E-state index in [9.17, 15) is 14.0 Å². The summed E-state index contributed by atoms with van der Waals surface area (Å²) >= 11 is 0. The lowest BCUT2D eigenvalue weighted by atomic mass is 10.2. The van der Waals surface area contributed by atoms with E-state index in [0.29, 0.717) is 13.0 Å². The molecule has 1 atom stereocenters. The van der Waals surface area contributed by atoms with E-state index in [2.05, 4.69) is 5.32 Å². The van der Waals surface area contributed by atoms with Crippen molar-refractivity contribution in [2.24, 2.45) is 0 Å². The van der Waals surface area contributed by atoms with Gasteiger partial charge in [0, 0.05) is 13.0 Å². The number of nitrogens with zero attached hydrogens (tertiary/aromatic N) is 2. The molecule has 1 aliphatic heterocycles. The Morgan fingerprint density at radius 3 is 2.81 bits per heavy atom. The zero-order chi connectivity index (χ0) is 19.3. The van der Waals surface area contributed by atoms with E-state index in [-0.39, 0.29) is 24.4 Å². The maximum atomic E-state index is 14.2. The highest BCUT2D eigenvalue weighted by Gasteiger charge is 2.31. The topological polar surface area (TPSA) is 91.7 Å². The van der Waals surface area contributed by atoms with Gasteiger partial charge in [-0.15, -0.1) is 0 Å². The first-order valence-electron chi connectivity index (χ1n) is 8.29. The third kappa shape index (κ3) is 5.34. The Morgan fingerprint density at radius 2 is 2.15 bits per heavy atom. The number of para-hydroxylation sites is 1. The molecule has 1 N–H and O–H groups in total. The van der Waals surface area contributed by atoms with Crippen molar-refractivity contribution >= 4 is 17.7 Å². The number of hydrogen-bond donors (Lipinski definition) is 1. The van der Waals surface area contributed by atoms with Crippen LogP contribution in [0.25, 0.3) is 0 Å². The average molecular weight is 363 g/mol. The monoisotopic (exact) mass is 363 g/mol. The van der Waals surface area contributed by atoms with Crippen LogP contribution in [0.4, 0.5) is 14.9 Å². The van der Waals surface area contributed by atoms with Gasteiger partial charge < -0.3 is 19.7 Å². The van der Waals surface area contributed by atoms with E-state index in [1.54, 1.807) is 26.8 Å². The van der Waals surface area contributed by atoms with Gasteiger partial charge in [-0.2, -0.15) is 5.26 Å². The van der Waals surface area contributed by atoms with Crippen molar-refractivity contribution in [3.63, 3.8) is 0 Å². The van der Waals surface area contributed by atoms with Crippen LogP contribution in [0.5, 0.6) is 5.75 Å². The number of likely N-dealkylation sites (tertiary alicyclic amines) is 1. The minimum absolute atomic E-state index is 0.102. The maximum absolute atomic E-state index is 14.2. The molecule has 2 amide bonds. The molecule has 26 heavy (non-hydrogen) atoms. The lowest BCUT2D eigenvalue weighted by Crippen LogP contribution is -2.36. The van der Waals surface area contributed by atoms with Gasteiger partial charge in [0.15, 0.2) is 11.6 Å². The van der Waals surface area contributed by atoms with Gasteiger partial charge >= 0.3 is 6.09 Å². The number of carbonyl (C=O) groups excluding carboxylic acids is 2. The molecule has 8 heteroatoms. The van der Waals surface area contributed by atoms with Crippen molar-refractivity contribution in [3.05, 3.63) is 24.0 Å². The average Bonchev–Trinajstić information content (AvgIpc) is 2.98. The van der Waals surface area contributed by atoms with Crippen LogP contribution in [0.1, 0.15) is 33.6 Å². The zero-order valence-electron chi connectivity index (χ0n) is 15.0. The molecule has 1 heterocycles. The van der Waals surface area contributed by atoms with Gasteiger partial charge in [0.1, 0.15) is 18.1 Å². The number of ether oxygens (including phenoxy) is 2. The molecule has 140 valence electrons. The Hall–Kier alpha value is -2.82. The highest BCUT2D eigenvalue weighted by Crippen LogP contribution is 2.30. The molecule has 0 bridgehead atoms. The Labute approximate surface area is 151 Å². The molecule has 1 aromatic carbocycles. The van der Waals surface area contributed by atoms with Crippen molar-refractivity contribution < 1.29 is 23.5 Å². The van der Waals surface area contributed by atoms with E-state index in [4.69, 9.17) is 14.7 Å². The van der Waals surface area contributed by atoms with Gasteiger partial charge in [-0.3, -0.25) is 4.79 Å². The Bertz CT molecular complexity index is 724. The number of rotatable bonds is 4. The van der Waals surface area contributed by atoms with E-state index in [0.717, 1.165) is 0 Å². The van der Waals surface area contributed by atoms with E-state index >= 15 is 0 Å². The molecule has 0 aromatic heterocycles. The number of benzene rings is 1. The molecule has 1 aromatic rings. The molecule has 0 spiro atoms. The van der Waals surface area contributed by atoms with Crippen molar-refractivity contribution in [1.82, 2.24) is 4.90 Å². The summed E-state index contributed by atoms with van der Waals surface area (Å²) in [6.07, 6.45) is -0.698. The summed E-state index contributed by atoms with van der Waals surface area (Å²) in [6, 6.07) is 5.88. The number of hydrogen-bond acceptors (Lipinski definition) is 5. The summed E-state index contributed by atoms with van der Waals surface area (Å²) in [5, 5.41) is 11.0. The number of nitrogens with one attached hydrogen (secondary N) is 1. The van der Waals surface area contributed by atoms with Crippen molar-refractivity contribution in [2.45, 2.75) is 45.3 Å². The second kappa shape index (κ2) is 8.04. The predicted octanol–water partition coefficient (Wildman–Crippen LogP) is 3.07. The smallest absolute Gasteiger partial charge is 0.410 e. The lowest BCUT2D eigenvalue weighted by Gasteiger charge is -2.24. The third-order valence-electron chi connectivity index (χ3n) is 3.56. The van der Waals surface area contributed by atoms with Gasteiger partial charge in [0.05, 0.1) is 18.3 Å². The fourth-order valence-corrected chi connectivity index (χ4v) is 2.48. The molecule has 0 saturated carbocycles. The van der Waals surface area contributed by atoms with Crippen LogP contribution >= 0.6 is 0 Å². The van der Waals surface area contributed by atoms with Crippen molar-refractivity contribution in [2.75, 3.05) is 18.4 Å². The Balaban J connectivity index is 2.04. The van der Waals surface area contributed by atoms with Crippen LogP contribution in [0, 0.1) is 17.1 Å². The Morgan fingerprint density at radius 1 is 1.42 bits per heavy atom. The second-order valence-corrected chi connectivity index (χ2v) is 6.95. The van der Waals surface area contributed by atoms with E-state index in [1.807, 2.05) is 0 Å². The van der Waals surface area contributed by atoms with Gasteiger partial charge in [-0.25, -0.2) is 9.18 Å². The number of amides is 2. The van der Waals surface area contributed by atoms with Crippen LogP contribution in [0.15, 0.2) is 18.2 Å². The minimum Gasteiger partial charge on any atom is -0.483 e. The summed E-state index contributed by atoms with van der Waals surface area (Å²) in [5.41, 5.74) is -0.444. The fraction of sp³-hybridized carbons (Fsp3) is 0.500. The fourth-order valence-electron chi connectivity index (χ4n) is 2.48. The number of anilines is 1. The molecular weight excluding hydrogens is 341 g/mol. The highest BCUT2D eigenvalue weighted by atomic mass is 19.1. The third-order valence-corrected chi connectivity index (χ3v) is 3.56. The SMILES string of the molecule is CC(C)(C)OC(=O)N1CCC(Oc2c(F)cccc2NC(=O)CC#N)C1. The van der Waals surface area contributed by atoms with Crippen molar-refractivity contribution in [1.29, 1.82) is 5.26 Å². The van der Waals surface area contributed by atoms with E-state index in [1.165, 1.54) is 23.1 Å². The second-order valence-electron chi connectivity index (χ2n) is 6.95. The first-order chi connectivity index (χ1) is 12.2. The van der Waals surface area contributed by atoms with Crippen LogP contribution < -0.4 is 10.1 Å². The molecule has 1 unspecified atom stereocenters. The quantitative estimate of drug-likeness (QED) is 0.888. The van der Waals surface area contributed by atoms with Gasteiger partial charge in [-0.1, -0.05) is 6.07 Å². The van der Waals surface area contributed by atoms with Crippen LogP contribution in [-0.2, 0) is 9.53 Å². The standard InChI is InChI=1S/C18H22FN3O4/c1-18(2,3)26-17(24)22-10-8-12(11-22)25-16-13(19)5-4-6-14(16)21-15(23)7-9-20/h4-6,12H,7-8,10-11H2,1-3H3,(H,21,23). The summed E-state index contributed by atoms with van der Waals surface area (Å²) < 4.78 is 25.2. The first-order valence-corrected chi connectivity index (χ1v) is 8.29. The molecule has 0 radical (unpaired) electrons. The van der Waals surface area contributed by atoms with Crippen LogP contribution in [0.3, 0.4) is 0 Å². The molecule has 2 rings (SSSR count). The van der Waals surface area contributed by atoms with Crippen LogP contribution in [-0.4, -0.2) is 41.7 Å². The first kappa shape index (κ1) is 19.5. The summed E-state index contributed by atoms with van der Waals surface area (Å²) in [7, 11) is 0. The minimum atomic E-state index is -0.629. The number of halogens is 1. The predicted molar refractivity (Wildman–Crippen MR) is 92.1 cm³/mol. The van der Waals surface area contributed by atoms with Crippen molar-refractivity contribution in [3.8, 4) is 11.8 Å². The molecule has 1 saturated heterocycles. The highest BCUT2D eigenvalue weighted by molar-refractivity contribution is 5.93. The molecular formula is C18H22FN3O4. The summed E-state index contributed by atoms with van der Waals surface area (Å²) in [4.78, 5) is 25.2.